The van der Waals surface area contributed by atoms with Crippen molar-refractivity contribution < 1.29 is 31.9 Å². The lowest BCUT2D eigenvalue weighted by molar-refractivity contribution is -0.152. The molecule has 2 aromatic carbocycles. The topological polar surface area (TPSA) is 148 Å². The van der Waals surface area contributed by atoms with E-state index in [4.69, 9.17) is 27.9 Å². The summed E-state index contributed by atoms with van der Waals surface area (Å²) in [4.78, 5) is 43.8. The van der Waals surface area contributed by atoms with Crippen molar-refractivity contribution >= 4 is 94.2 Å². The number of likely N-dealkylation sites (N-methyl/N-ethyl adjacent to an activating group) is 1. The second kappa shape index (κ2) is 13.5. The lowest BCUT2D eigenvalue weighted by atomic mass is 10.0. The van der Waals surface area contributed by atoms with Crippen molar-refractivity contribution in [3.8, 4) is 0 Å². The van der Waals surface area contributed by atoms with Crippen LogP contribution in [0, 0.1) is 5.82 Å². The number of pyridine rings is 1. The maximum Gasteiger partial charge on any atom is 0.329 e. The second-order valence-electron chi connectivity index (χ2n) is 9.15. The van der Waals surface area contributed by atoms with Crippen LogP contribution in [0.25, 0.3) is 10.1 Å². The van der Waals surface area contributed by atoms with Gasteiger partial charge in [0, 0.05) is 26.7 Å². The molecular weight excluding hydrogens is 712 g/mol. The van der Waals surface area contributed by atoms with Crippen molar-refractivity contribution in [2.24, 2.45) is 0 Å². The third kappa shape index (κ3) is 7.78. The summed E-state index contributed by atoms with van der Waals surface area (Å²) in [6, 6.07) is 6.48. The molecule has 0 radical (unpaired) electrons. The number of ether oxygens (including phenoxy) is 1. The number of halogens is 4. The Balaban J connectivity index is 1.66. The Morgan fingerprint density at radius 3 is 2.56 bits per heavy atom. The first-order valence-electron chi connectivity index (χ1n) is 12.1. The number of nitrogens with zero attached hydrogens (tertiary/aromatic N) is 3. The van der Waals surface area contributed by atoms with Crippen molar-refractivity contribution in [3.63, 3.8) is 0 Å². The molecule has 4 aromatic rings. The van der Waals surface area contributed by atoms with Crippen LogP contribution in [0.1, 0.15) is 15.9 Å². The van der Waals surface area contributed by atoms with Crippen molar-refractivity contribution in [1.82, 2.24) is 19.6 Å². The number of amides is 2. The van der Waals surface area contributed by atoms with E-state index in [0.717, 1.165) is 23.7 Å². The molecule has 2 heterocycles. The van der Waals surface area contributed by atoms with Crippen LogP contribution in [0.4, 0.5) is 10.1 Å². The van der Waals surface area contributed by atoms with Crippen LogP contribution >= 0.6 is 50.7 Å². The van der Waals surface area contributed by atoms with Gasteiger partial charge < -0.3 is 15.0 Å². The minimum Gasteiger partial charge on any atom is -0.454 e. The van der Waals surface area contributed by atoms with E-state index in [0.29, 0.717) is 10.3 Å². The van der Waals surface area contributed by atoms with Gasteiger partial charge in [-0.3, -0.25) is 14.3 Å². The number of fused-ring (bicyclic) bond motifs is 1. The van der Waals surface area contributed by atoms with Gasteiger partial charge in [0.05, 0.1) is 42.1 Å². The number of carbonyl (C=O) groups excluding carboxylic acids is 3. The monoisotopic (exact) mass is 731 g/mol. The van der Waals surface area contributed by atoms with Crippen LogP contribution in [0.2, 0.25) is 10.0 Å². The van der Waals surface area contributed by atoms with E-state index >= 15 is 0 Å². The first kappa shape index (κ1) is 32.5. The third-order valence-electron chi connectivity index (χ3n) is 5.90. The van der Waals surface area contributed by atoms with E-state index in [2.05, 4.69) is 35.3 Å². The summed E-state index contributed by atoms with van der Waals surface area (Å²) in [5.74, 6) is -2.94. The fraction of sp³-hybridized carbons (Fsp3) is 0.192. The number of sulfonamides is 1. The van der Waals surface area contributed by atoms with Gasteiger partial charge in [0.2, 0.25) is 0 Å². The first-order chi connectivity index (χ1) is 20.3. The summed E-state index contributed by atoms with van der Waals surface area (Å²) >= 11 is 16.5. The molecule has 2 N–H and O–H groups in total. The Hall–Kier alpha value is -3.37. The maximum absolute atomic E-state index is 13.8. The van der Waals surface area contributed by atoms with E-state index in [9.17, 15) is 27.2 Å². The third-order valence-corrected chi connectivity index (χ3v) is 9.32. The summed E-state index contributed by atoms with van der Waals surface area (Å²) in [5, 5.41) is 2.30. The van der Waals surface area contributed by atoms with Gasteiger partial charge in [-0.2, -0.15) is 12.8 Å². The van der Waals surface area contributed by atoms with Gasteiger partial charge in [-0.1, -0.05) is 29.3 Å². The van der Waals surface area contributed by atoms with Gasteiger partial charge in [-0.05, 0) is 63.4 Å². The Bertz CT molecular complexity index is 1840. The van der Waals surface area contributed by atoms with Gasteiger partial charge >= 0.3 is 5.97 Å². The van der Waals surface area contributed by atoms with Crippen LogP contribution in [0.15, 0.2) is 58.3 Å². The molecule has 0 saturated carbocycles. The van der Waals surface area contributed by atoms with E-state index in [1.54, 1.807) is 6.07 Å². The molecule has 4 rings (SSSR count). The van der Waals surface area contributed by atoms with Crippen LogP contribution in [-0.2, 0) is 30.8 Å². The van der Waals surface area contributed by atoms with Gasteiger partial charge in [0.15, 0.2) is 11.6 Å². The molecule has 11 nitrogen and oxygen atoms in total. The number of benzene rings is 2. The zero-order valence-corrected chi connectivity index (χ0v) is 27.0. The fourth-order valence-electron chi connectivity index (χ4n) is 3.69. The SMILES string of the molecule is CN(C)C(=O)COC(=O)[C@H](Cc1ccc(F)c(Br)c1)NC(=O)c1cc(Cl)c(Cl)cc1NS(=O)(=O)c1nccc2sncc12. The van der Waals surface area contributed by atoms with Crippen molar-refractivity contribution in [1.29, 1.82) is 0 Å². The number of nitrogens with one attached hydrogen (secondary N) is 2. The maximum atomic E-state index is 13.8. The molecule has 226 valence electrons. The first-order valence-corrected chi connectivity index (χ1v) is 15.9. The van der Waals surface area contributed by atoms with Crippen LogP contribution in [-0.4, -0.2) is 67.2 Å². The minimum absolute atomic E-state index is 0.0615. The fourth-order valence-corrected chi connectivity index (χ4v) is 6.36. The zero-order chi connectivity index (χ0) is 31.5. The number of esters is 1. The highest BCUT2D eigenvalue weighted by Crippen LogP contribution is 2.32. The summed E-state index contributed by atoms with van der Waals surface area (Å²) in [6.07, 6.45) is 2.50. The normalized spacial score (nSPS) is 12.0. The number of rotatable bonds is 10. The molecule has 0 unspecified atom stereocenters. The van der Waals surface area contributed by atoms with Crippen molar-refractivity contribution in [2.45, 2.75) is 17.5 Å². The largest absolute Gasteiger partial charge is 0.454 e. The molecule has 0 bridgehead atoms. The zero-order valence-electron chi connectivity index (χ0n) is 22.2. The Morgan fingerprint density at radius 2 is 1.86 bits per heavy atom. The molecule has 2 aromatic heterocycles. The molecule has 0 spiro atoms. The lowest BCUT2D eigenvalue weighted by Gasteiger charge is -2.20. The average molecular weight is 733 g/mol. The summed E-state index contributed by atoms with van der Waals surface area (Å²) in [7, 11) is -1.42. The Morgan fingerprint density at radius 1 is 1.14 bits per heavy atom. The molecular formula is C26H21BrCl2FN5O6S2. The Labute approximate surface area is 267 Å². The molecule has 1 atom stereocenters. The average Bonchev–Trinajstić information content (AvgIpc) is 3.43. The van der Waals surface area contributed by atoms with Crippen LogP contribution in [0.3, 0.4) is 0 Å². The highest BCUT2D eigenvalue weighted by Gasteiger charge is 2.28. The quantitative estimate of drug-likeness (QED) is 0.224. The molecule has 17 heteroatoms. The molecule has 0 fully saturated rings. The molecule has 2 amide bonds. The summed E-state index contributed by atoms with van der Waals surface area (Å²) < 4.78 is 52.7. The van der Waals surface area contributed by atoms with Crippen molar-refractivity contribution in [3.05, 3.63) is 80.3 Å². The van der Waals surface area contributed by atoms with E-state index < -0.39 is 46.3 Å². The predicted octanol–water partition coefficient (Wildman–Crippen LogP) is 4.67. The number of carbonyl (C=O) groups is 3. The van der Waals surface area contributed by atoms with Crippen molar-refractivity contribution in [2.75, 3.05) is 25.4 Å². The summed E-state index contributed by atoms with van der Waals surface area (Å²) in [6.45, 7) is -0.598. The van der Waals surface area contributed by atoms with Crippen LogP contribution < -0.4 is 10.0 Å². The number of hydrogen-bond donors (Lipinski definition) is 2. The standard InChI is InChI=1S/C26H21BrCl2FN5O6S2/c1-35(2)23(36)12-41-26(38)21(8-13-3-4-19(30)16(27)7-13)33-24(37)14-9-17(28)18(29)10-20(14)34-43(39,40)25-15-11-32-42-22(15)5-6-31-25/h3-7,9-11,21,34H,8,12H2,1-2H3,(H,33,37)/t21-/m0/s1. The molecule has 43 heavy (non-hydrogen) atoms. The number of aromatic nitrogens is 2. The molecule has 0 aliphatic carbocycles. The minimum atomic E-state index is -4.37. The molecule has 0 aliphatic rings. The molecule has 0 saturated heterocycles. The highest BCUT2D eigenvalue weighted by molar-refractivity contribution is 9.10. The van der Waals surface area contributed by atoms with Crippen LogP contribution in [0.5, 0.6) is 0 Å². The predicted molar refractivity (Wildman–Crippen MR) is 163 cm³/mol. The van der Waals surface area contributed by atoms with Gasteiger partial charge in [-0.25, -0.2) is 14.2 Å². The smallest absolute Gasteiger partial charge is 0.329 e. The Kier molecular flexibility index (Phi) is 10.2. The summed E-state index contributed by atoms with van der Waals surface area (Å²) in [5.41, 5.74) is -0.0996. The highest BCUT2D eigenvalue weighted by atomic mass is 79.9. The van der Waals surface area contributed by atoms with Gasteiger partial charge in [0.1, 0.15) is 11.9 Å². The lowest BCUT2D eigenvalue weighted by Crippen LogP contribution is -2.44. The molecule has 0 aliphatic heterocycles. The van der Waals surface area contributed by atoms with E-state index in [1.807, 2.05) is 0 Å². The second-order valence-corrected chi connectivity index (χ2v) is 13.2. The number of hydrogen-bond acceptors (Lipinski definition) is 9. The van der Waals surface area contributed by atoms with Gasteiger partial charge in [0.25, 0.3) is 21.8 Å². The van der Waals surface area contributed by atoms with Gasteiger partial charge in [-0.15, -0.1) is 0 Å². The number of anilines is 1. The van der Waals surface area contributed by atoms with E-state index in [-0.39, 0.29) is 42.6 Å². The van der Waals surface area contributed by atoms with E-state index in [1.165, 1.54) is 49.6 Å².